The molecule has 11 nitrogen and oxygen atoms in total. The van der Waals surface area contributed by atoms with Crippen molar-refractivity contribution in [3.63, 3.8) is 0 Å². The number of nitrogens with zero attached hydrogens (tertiary/aromatic N) is 3. The van der Waals surface area contributed by atoms with Crippen LogP contribution in [0.15, 0.2) is 59.1 Å². The Kier molecular flexibility index (Phi) is 9.05. The third kappa shape index (κ3) is 7.18. The number of furan rings is 1. The van der Waals surface area contributed by atoms with Gasteiger partial charge in [0.05, 0.1) is 31.5 Å². The molecule has 244 valence electrons. The van der Waals surface area contributed by atoms with E-state index in [9.17, 15) is 14.9 Å². The second-order valence-electron chi connectivity index (χ2n) is 12.7. The minimum Gasteiger partial charge on any atom is -0.496 e. The van der Waals surface area contributed by atoms with Gasteiger partial charge < -0.3 is 33.6 Å². The lowest BCUT2D eigenvalue weighted by molar-refractivity contribution is 0.0254. The number of hydrogen-bond acceptors (Lipinski definition) is 9. The number of pyridine rings is 1. The van der Waals surface area contributed by atoms with Gasteiger partial charge in [0.2, 0.25) is 0 Å². The number of methoxy groups -OCH3 is 1. The zero-order valence-corrected chi connectivity index (χ0v) is 27.0. The van der Waals surface area contributed by atoms with Crippen LogP contribution in [0.2, 0.25) is 0 Å². The zero-order valence-electron chi connectivity index (χ0n) is 27.0. The fraction of sp³-hybridized carbons (Fsp3) is 0.389. The summed E-state index contributed by atoms with van der Waals surface area (Å²) < 4.78 is 29.1. The van der Waals surface area contributed by atoms with E-state index in [2.05, 4.69) is 16.4 Å². The minimum absolute atomic E-state index is 0.0200. The molecule has 2 saturated heterocycles. The highest BCUT2D eigenvalue weighted by molar-refractivity contribution is 5.97. The predicted octanol–water partition coefficient (Wildman–Crippen LogP) is 6.34. The second kappa shape index (κ2) is 13.3. The van der Waals surface area contributed by atoms with Crippen LogP contribution in [0.5, 0.6) is 11.5 Å². The van der Waals surface area contributed by atoms with Crippen molar-refractivity contribution in [3.05, 3.63) is 65.9 Å². The molecular weight excluding hydrogens is 600 g/mol. The molecule has 1 unspecified atom stereocenters. The van der Waals surface area contributed by atoms with Crippen LogP contribution in [-0.2, 0) is 9.47 Å². The van der Waals surface area contributed by atoms with Gasteiger partial charge in [0.1, 0.15) is 40.6 Å². The molecule has 2 aliphatic heterocycles. The zero-order chi connectivity index (χ0) is 33.1. The van der Waals surface area contributed by atoms with Crippen molar-refractivity contribution in [2.24, 2.45) is 0 Å². The SMILES string of the molecule is COc1cc(C(=O)NC2CCN(C(=O)OC(C)(C)C)C2)ccc1-c1cc2nccc(-c3ccc(OC4CCOCC4)c(C#N)c3)c2o1. The van der Waals surface area contributed by atoms with E-state index in [0.717, 1.165) is 24.0 Å². The van der Waals surface area contributed by atoms with E-state index in [1.54, 1.807) is 35.4 Å². The molecule has 4 heterocycles. The number of hydrogen-bond donors (Lipinski definition) is 1. The number of aromatic nitrogens is 1. The van der Waals surface area contributed by atoms with Crippen LogP contribution in [0.25, 0.3) is 33.6 Å². The number of nitriles is 1. The highest BCUT2D eigenvalue weighted by Crippen LogP contribution is 2.38. The number of carbonyl (C=O) groups is 2. The summed E-state index contributed by atoms with van der Waals surface area (Å²) in [6.45, 7) is 7.67. The Morgan fingerprint density at radius 3 is 2.57 bits per heavy atom. The number of amides is 2. The van der Waals surface area contributed by atoms with Crippen LogP contribution in [0, 0.1) is 11.3 Å². The second-order valence-corrected chi connectivity index (χ2v) is 12.7. The topological polar surface area (TPSA) is 136 Å². The Balaban J connectivity index is 1.20. The molecule has 0 radical (unpaired) electrons. The molecular formula is C36H38N4O7. The van der Waals surface area contributed by atoms with E-state index < -0.39 is 5.60 Å². The third-order valence-electron chi connectivity index (χ3n) is 8.19. The average Bonchev–Trinajstić information content (AvgIpc) is 3.72. The fourth-order valence-electron chi connectivity index (χ4n) is 5.83. The maximum absolute atomic E-state index is 13.2. The number of benzene rings is 2. The lowest BCUT2D eigenvalue weighted by Crippen LogP contribution is -2.40. The highest BCUT2D eigenvalue weighted by Gasteiger charge is 2.31. The van der Waals surface area contributed by atoms with Crippen molar-refractivity contribution in [3.8, 4) is 40.0 Å². The smallest absolute Gasteiger partial charge is 0.410 e. The van der Waals surface area contributed by atoms with Gasteiger partial charge in [-0.05, 0) is 69.2 Å². The van der Waals surface area contributed by atoms with Gasteiger partial charge in [-0.15, -0.1) is 0 Å². The van der Waals surface area contributed by atoms with Gasteiger partial charge in [0.25, 0.3) is 5.91 Å². The number of likely N-dealkylation sites (tertiary alicyclic amines) is 1. The Morgan fingerprint density at radius 1 is 1.02 bits per heavy atom. The highest BCUT2D eigenvalue weighted by atomic mass is 16.6. The molecule has 2 aromatic carbocycles. The lowest BCUT2D eigenvalue weighted by Gasteiger charge is -2.24. The fourth-order valence-corrected chi connectivity index (χ4v) is 5.83. The van der Waals surface area contributed by atoms with Gasteiger partial charge in [-0.2, -0.15) is 5.26 Å². The van der Waals surface area contributed by atoms with Gasteiger partial charge >= 0.3 is 6.09 Å². The summed E-state index contributed by atoms with van der Waals surface area (Å²) in [7, 11) is 1.54. The molecule has 0 spiro atoms. The van der Waals surface area contributed by atoms with Gasteiger partial charge in [-0.25, -0.2) is 4.79 Å². The summed E-state index contributed by atoms with van der Waals surface area (Å²) in [4.78, 5) is 31.7. The molecule has 11 heteroatoms. The Hall–Kier alpha value is -5.08. The van der Waals surface area contributed by atoms with Crippen molar-refractivity contribution >= 4 is 23.1 Å². The Morgan fingerprint density at radius 2 is 1.83 bits per heavy atom. The van der Waals surface area contributed by atoms with Crippen LogP contribution in [-0.4, -0.2) is 73.0 Å². The minimum atomic E-state index is -0.583. The third-order valence-corrected chi connectivity index (χ3v) is 8.19. The molecule has 6 rings (SSSR count). The van der Waals surface area contributed by atoms with E-state index in [0.29, 0.717) is 77.8 Å². The van der Waals surface area contributed by atoms with E-state index in [4.69, 9.17) is 23.4 Å². The summed E-state index contributed by atoms with van der Waals surface area (Å²) in [5.74, 6) is 1.27. The monoisotopic (exact) mass is 638 g/mol. The number of fused-ring (bicyclic) bond motifs is 1. The van der Waals surface area contributed by atoms with Crippen LogP contribution >= 0.6 is 0 Å². The molecule has 4 aromatic rings. The van der Waals surface area contributed by atoms with Gasteiger partial charge in [-0.1, -0.05) is 6.07 Å². The largest absolute Gasteiger partial charge is 0.496 e. The van der Waals surface area contributed by atoms with E-state index >= 15 is 0 Å². The first-order valence-corrected chi connectivity index (χ1v) is 15.8. The van der Waals surface area contributed by atoms with Crippen LogP contribution in [0.4, 0.5) is 4.79 Å². The lowest BCUT2D eigenvalue weighted by atomic mass is 10.0. The molecule has 2 fully saturated rings. The Bertz CT molecular complexity index is 1830. The first kappa shape index (κ1) is 31.9. The predicted molar refractivity (Wildman–Crippen MR) is 174 cm³/mol. The summed E-state index contributed by atoms with van der Waals surface area (Å²) in [6.07, 6.45) is 3.55. The Labute approximate surface area is 273 Å². The number of rotatable bonds is 7. The standard InChI is InChI=1S/C36H38N4O7/c1-36(2,3)47-35(42)40-14-10-25(21-40)39-34(41)23-5-7-28(31(18-23)43-4)32-19-29-33(46-32)27(9-13-38-29)22-6-8-30(24(17-22)20-37)45-26-11-15-44-16-12-26/h5-9,13,17-19,25-26H,10-12,14-16,21H2,1-4H3,(H,39,41). The number of ether oxygens (including phenoxy) is 4. The van der Waals surface area contributed by atoms with Crippen molar-refractivity contribution in [2.45, 2.75) is 57.8 Å². The number of nitrogens with one attached hydrogen (secondary N) is 1. The molecule has 0 saturated carbocycles. The molecule has 2 amide bonds. The number of carbonyl (C=O) groups excluding carboxylic acids is 2. The van der Waals surface area contributed by atoms with Gasteiger partial charge in [-0.3, -0.25) is 9.78 Å². The summed E-state index contributed by atoms with van der Waals surface area (Å²) in [5, 5.41) is 12.9. The quantitative estimate of drug-likeness (QED) is 0.246. The molecule has 1 N–H and O–H groups in total. The van der Waals surface area contributed by atoms with Gasteiger partial charge in [0.15, 0.2) is 5.58 Å². The maximum atomic E-state index is 13.2. The summed E-state index contributed by atoms with van der Waals surface area (Å²) in [6, 6.07) is 16.5. The maximum Gasteiger partial charge on any atom is 0.410 e. The van der Waals surface area contributed by atoms with Crippen molar-refractivity contribution in [1.29, 1.82) is 5.26 Å². The van der Waals surface area contributed by atoms with Gasteiger partial charge in [0, 0.05) is 55.4 Å². The molecule has 47 heavy (non-hydrogen) atoms. The summed E-state index contributed by atoms with van der Waals surface area (Å²) >= 11 is 0. The molecule has 0 bridgehead atoms. The first-order valence-electron chi connectivity index (χ1n) is 15.8. The first-order chi connectivity index (χ1) is 22.6. The molecule has 0 aliphatic carbocycles. The van der Waals surface area contributed by atoms with Crippen molar-refractivity contribution in [2.75, 3.05) is 33.4 Å². The van der Waals surface area contributed by atoms with Crippen molar-refractivity contribution < 1.29 is 33.0 Å². The van der Waals surface area contributed by atoms with Crippen molar-refractivity contribution in [1.82, 2.24) is 15.2 Å². The normalized spacial score (nSPS) is 16.9. The molecule has 1 atom stereocenters. The molecule has 2 aromatic heterocycles. The molecule has 2 aliphatic rings. The van der Waals surface area contributed by atoms with E-state index in [1.807, 2.05) is 45.0 Å². The van der Waals surface area contributed by atoms with E-state index in [-0.39, 0.29) is 24.1 Å². The van der Waals surface area contributed by atoms with Crippen LogP contribution in [0.3, 0.4) is 0 Å². The van der Waals surface area contributed by atoms with Crippen LogP contribution in [0.1, 0.15) is 56.0 Å². The van der Waals surface area contributed by atoms with E-state index in [1.165, 1.54) is 7.11 Å². The average molecular weight is 639 g/mol. The van der Waals surface area contributed by atoms with Crippen LogP contribution < -0.4 is 14.8 Å². The summed E-state index contributed by atoms with van der Waals surface area (Å²) in [5.41, 5.74) is 3.71.